The number of allylic oxidation sites excluding steroid dienone is 6. The molecular formula is C11H12O. The van der Waals surface area contributed by atoms with Gasteiger partial charge in [-0.2, -0.15) is 0 Å². The van der Waals surface area contributed by atoms with Crippen molar-refractivity contribution in [1.29, 1.82) is 0 Å². The van der Waals surface area contributed by atoms with Crippen LogP contribution in [0.5, 0.6) is 0 Å². The second kappa shape index (κ2) is 2.74. The molecule has 0 aliphatic heterocycles. The summed E-state index contributed by atoms with van der Waals surface area (Å²) in [5.41, 5.74) is -0.219. The third kappa shape index (κ3) is 0.970. The number of rotatable bonds is 1. The van der Waals surface area contributed by atoms with Crippen LogP contribution in [0.3, 0.4) is 0 Å². The minimum atomic E-state index is -0.219. The molecule has 2 aliphatic rings. The largest absolute Gasteiger partial charge is 0.302 e. The van der Waals surface area contributed by atoms with Crippen LogP contribution in [0.4, 0.5) is 0 Å². The SMILES string of the molecule is O=C[C@@]12C=CC=C[C@@H]1C=CCC2. The van der Waals surface area contributed by atoms with E-state index in [1.165, 1.54) is 0 Å². The van der Waals surface area contributed by atoms with Gasteiger partial charge in [-0.1, -0.05) is 36.5 Å². The zero-order valence-corrected chi connectivity index (χ0v) is 6.94. The lowest BCUT2D eigenvalue weighted by Crippen LogP contribution is -2.31. The minimum Gasteiger partial charge on any atom is -0.302 e. The number of aldehydes is 1. The van der Waals surface area contributed by atoms with Crippen molar-refractivity contribution in [3.63, 3.8) is 0 Å². The lowest BCUT2D eigenvalue weighted by atomic mass is 9.68. The number of hydrogen-bond donors (Lipinski definition) is 0. The Bertz CT molecular complexity index is 273. The third-order valence-electron chi connectivity index (χ3n) is 2.76. The normalized spacial score (nSPS) is 37.8. The summed E-state index contributed by atoms with van der Waals surface area (Å²) in [5.74, 6) is 0.300. The van der Waals surface area contributed by atoms with Crippen LogP contribution in [0.25, 0.3) is 0 Å². The summed E-state index contributed by atoms with van der Waals surface area (Å²) in [6.07, 6.45) is 15.5. The van der Waals surface area contributed by atoms with Crippen LogP contribution in [0.15, 0.2) is 36.5 Å². The van der Waals surface area contributed by atoms with Gasteiger partial charge in [-0.05, 0) is 12.8 Å². The van der Waals surface area contributed by atoms with E-state index in [4.69, 9.17) is 0 Å². The molecule has 2 rings (SSSR count). The summed E-state index contributed by atoms with van der Waals surface area (Å²) in [5, 5.41) is 0. The van der Waals surface area contributed by atoms with Gasteiger partial charge in [0.1, 0.15) is 6.29 Å². The molecule has 0 spiro atoms. The van der Waals surface area contributed by atoms with Crippen LogP contribution in [0.1, 0.15) is 12.8 Å². The Morgan fingerprint density at radius 1 is 1.33 bits per heavy atom. The van der Waals surface area contributed by atoms with E-state index in [1.807, 2.05) is 18.2 Å². The van der Waals surface area contributed by atoms with Crippen molar-refractivity contribution in [2.75, 3.05) is 0 Å². The number of fused-ring (bicyclic) bond motifs is 1. The standard InChI is InChI=1S/C11H12O/c12-9-11-7-3-1-5-10(11)6-2-4-8-11/h1-3,5-7,9-10H,4,8H2/t10-,11+/m1/s1. The highest BCUT2D eigenvalue weighted by molar-refractivity contribution is 5.66. The summed E-state index contributed by atoms with van der Waals surface area (Å²) in [6, 6.07) is 0. The molecule has 0 saturated heterocycles. The molecule has 2 aliphatic carbocycles. The molecule has 0 heterocycles. The van der Waals surface area contributed by atoms with Crippen LogP contribution >= 0.6 is 0 Å². The molecule has 0 aromatic rings. The first-order chi connectivity index (χ1) is 5.87. The van der Waals surface area contributed by atoms with Gasteiger partial charge >= 0.3 is 0 Å². The van der Waals surface area contributed by atoms with Crippen molar-refractivity contribution >= 4 is 6.29 Å². The Kier molecular flexibility index (Phi) is 1.72. The monoisotopic (exact) mass is 160 g/mol. The van der Waals surface area contributed by atoms with Gasteiger partial charge in [-0.25, -0.2) is 0 Å². The van der Waals surface area contributed by atoms with Gasteiger partial charge in [0.15, 0.2) is 0 Å². The molecule has 1 heteroatoms. The highest BCUT2D eigenvalue weighted by atomic mass is 16.1. The average Bonchev–Trinajstić information content (AvgIpc) is 2.18. The third-order valence-corrected chi connectivity index (χ3v) is 2.76. The van der Waals surface area contributed by atoms with Gasteiger partial charge in [-0.15, -0.1) is 0 Å². The Morgan fingerprint density at radius 2 is 2.25 bits per heavy atom. The van der Waals surface area contributed by atoms with Crippen molar-refractivity contribution < 1.29 is 4.79 Å². The summed E-state index contributed by atoms with van der Waals surface area (Å²) >= 11 is 0. The molecule has 0 aromatic carbocycles. The van der Waals surface area contributed by atoms with Crippen molar-refractivity contribution in [2.45, 2.75) is 12.8 Å². The second-order valence-corrected chi connectivity index (χ2v) is 3.47. The van der Waals surface area contributed by atoms with Crippen molar-refractivity contribution in [3.05, 3.63) is 36.5 Å². The average molecular weight is 160 g/mol. The maximum atomic E-state index is 11.0. The number of carbonyl (C=O) groups is 1. The predicted octanol–water partition coefficient (Wildman–Crippen LogP) is 2.26. The quantitative estimate of drug-likeness (QED) is 0.425. The number of hydrogen-bond acceptors (Lipinski definition) is 1. The first-order valence-corrected chi connectivity index (χ1v) is 4.36. The van der Waals surface area contributed by atoms with E-state index in [0.29, 0.717) is 5.92 Å². The van der Waals surface area contributed by atoms with E-state index in [2.05, 4.69) is 18.2 Å². The van der Waals surface area contributed by atoms with E-state index >= 15 is 0 Å². The Morgan fingerprint density at radius 3 is 3.00 bits per heavy atom. The molecular weight excluding hydrogens is 148 g/mol. The van der Waals surface area contributed by atoms with Gasteiger partial charge in [-0.3, -0.25) is 0 Å². The van der Waals surface area contributed by atoms with Gasteiger partial charge in [0.2, 0.25) is 0 Å². The van der Waals surface area contributed by atoms with Crippen LogP contribution in [0.2, 0.25) is 0 Å². The first-order valence-electron chi connectivity index (χ1n) is 4.36. The summed E-state index contributed by atoms with van der Waals surface area (Å²) in [6.45, 7) is 0. The molecule has 0 N–H and O–H groups in total. The van der Waals surface area contributed by atoms with E-state index < -0.39 is 0 Å². The topological polar surface area (TPSA) is 17.1 Å². The van der Waals surface area contributed by atoms with Gasteiger partial charge in [0.25, 0.3) is 0 Å². The number of carbonyl (C=O) groups excluding carboxylic acids is 1. The molecule has 0 saturated carbocycles. The van der Waals surface area contributed by atoms with Gasteiger partial charge in [0.05, 0.1) is 5.41 Å². The van der Waals surface area contributed by atoms with E-state index in [0.717, 1.165) is 19.1 Å². The summed E-state index contributed by atoms with van der Waals surface area (Å²) in [7, 11) is 0. The van der Waals surface area contributed by atoms with Crippen molar-refractivity contribution in [2.24, 2.45) is 11.3 Å². The smallest absolute Gasteiger partial charge is 0.130 e. The van der Waals surface area contributed by atoms with Crippen LogP contribution in [-0.2, 0) is 4.79 Å². The van der Waals surface area contributed by atoms with Crippen molar-refractivity contribution in [1.82, 2.24) is 0 Å². The molecule has 1 nitrogen and oxygen atoms in total. The fourth-order valence-corrected chi connectivity index (χ4v) is 1.96. The molecule has 0 bridgehead atoms. The Labute approximate surface area is 72.5 Å². The van der Waals surface area contributed by atoms with Crippen LogP contribution < -0.4 is 0 Å². The highest BCUT2D eigenvalue weighted by Crippen LogP contribution is 2.39. The Balaban J connectivity index is 2.39. The van der Waals surface area contributed by atoms with E-state index in [9.17, 15) is 4.79 Å². The fourth-order valence-electron chi connectivity index (χ4n) is 1.96. The fraction of sp³-hybridized carbons (Fsp3) is 0.364. The molecule has 0 amide bonds. The van der Waals surface area contributed by atoms with E-state index in [1.54, 1.807) is 0 Å². The molecule has 0 unspecified atom stereocenters. The predicted molar refractivity (Wildman–Crippen MR) is 48.6 cm³/mol. The second-order valence-electron chi connectivity index (χ2n) is 3.47. The highest BCUT2D eigenvalue weighted by Gasteiger charge is 2.35. The van der Waals surface area contributed by atoms with Crippen LogP contribution in [0, 0.1) is 11.3 Å². The molecule has 0 radical (unpaired) electrons. The molecule has 0 fully saturated rings. The maximum absolute atomic E-state index is 11.0. The lowest BCUT2D eigenvalue weighted by Gasteiger charge is -2.34. The van der Waals surface area contributed by atoms with E-state index in [-0.39, 0.29) is 5.41 Å². The Hall–Kier alpha value is -1.11. The zero-order valence-electron chi connectivity index (χ0n) is 6.94. The summed E-state index contributed by atoms with van der Waals surface area (Å²) < 4.78 is 0. The first kappa shape index (κ1) is 7.53. The summed E-state index contributed by atoms with van der Waals surface area (Å²) in [4.78, 5) is 11.0. The zero-order chi connectivity index (χ0) is 8.44. The molecule has 62 valence electrons. The molecule has 2 atom stereocenters. The van der Waals surface area contributed by atoms with Gasteiger partial charge in [0, 0.05) is 5.92 Å². The van der Waals surface area contributed by atoms with Crippen LogP contribution in [-0.4, -0.2) is 6.29 Å². The minimum absolute atomic E-state index is 0.219. The molecule has 12 heavy (non-hydrogen) atoms. The van der Waals surface area contributed by atoms with Gasteiger partial charge < -0.3 is 4.79 Å². The molecule has 0 aromatic heterocycles. The maximum Gasteiger partial charge on any atom is 0.130 e. The lowest BCUT2D eigenvalue weighted by molar-refractivity contribution is -0.115. The van der Waals surface area contributed by atoms with Crippen molar-refractivity contribution in [3.8, 4) is 0 Å².